The summed E-state index contributed by atoms with van der Waals surface area (Å²) in [5.41, 5.74) is 0.621. The molecule has 100 valence electrons. The summed E-state index contributed by atoms with van der Waals surface area (Å²) in [6, 6.07) is 1.59. The molecular weight excluding hydrogens is 208 g/mol. The summed E-state index contributed by atoms with van der Waals surface area (Å²) in [5, 5.41) is 7.48. The Labute approximate surface area is 107 Å². The summed E-state index contributed by atoms with van der Waals surface area (Å²) < 4.78 is 0. The zero-order valence-corrected chi connectivity index (χ0v) is 12.3. The molecule has 2 aliphatic rings. The minimum atomic E-state index is 0.275. The van der Waals surface area contributed by atoms with Gasteiger partial charge in [-0.05, 0) is 72.6 Å². The van der Waals surface area contributed by atoms with Crippen LogP contribution >= 0.6 is 0 Å². The van der Waals surface area contributed by atoms with Crippen molar-refractivity contribution in [2.24, 2.45) is 5.92 Å². The zero-order valence-electron chi connectivity index (χ0n) is 12.3. The van der Waals surface area contributed by atoms with Crippen LogP contribution in [0.2, 0.25) is 0 Å². The third-order valence-electron chi connectivity index (χ3n) is 3.84. The summed E-state index contributed by atoms with van der Waals surface area (Å²) in [7, 11) is 0. The maximum Gasteiger partial charge on any atom is 0.0130 e. The SMILES string of the molecule is CC(C)(C)NC1CC(CC(C)(C)NC2CC2)C1. The van der Waals surface area contributed by atoms with E-state index in [2.05, 4.69) is 45.3 Å². The molecule has 0 heterocycles. The minimum absolute atomic E-state index is 0.275. The van der Waals surface area contributed by atoms with E-state index in [0.717, 1.165) is 18.0 Å². The lowest BCUT2D eigenvalue weighted by Crippen LogP contribution is -2.52. The molecule has 2 heteroatoms. The van der Waals surface area contributed by atoms with Gasteiger partial charge >= 0.3 is 0 Å². The summed E-state index contributed by atoms with van der Waals surface area (Å²) in [4.78, 5) is 0. The standard InChI is InChI=1S/C15H30N2/c1-14(2,3)16-13-8-11(9-13)10-15(4,5)17-12-6-7-12/h11-13,16-17H,6-10H2,1-5H3. The lowest BCUT2D eigenvalue weighted by molar-refractivity contribution is 0.144. The lowest BCUT2D eigenvalue weighted by atomic mass is 9.73. The van der Waals surface area contributed by atoms with Gasteiger partial charge in [0, 0.05) is 23.2 Å². The van der Waals surface area contributed by atoms with Crippen LogP contribution in [0.5, 0.6) is 0 Å². The van der Waals surface area contributed by atoms with Gasteiger partial charge in [0.2, 0.25) is 0 Å². The van der Waals surface area contributed by atoms with Crippen LogP contribution in [0.1, 0.15) is 66.7 Å². The molecule has 0 spiro atoms. The molecule has 0 saturated heterocycles. The Morgan fingerprint density at radius 3 is 1.94 bits per heavy atom. The molecule has 0 unspecified atom stereocenters. The van der Waals surface area contributed by atoms with Crippen molar-refractivity contribution in [2.75, 3.05) is 0 Å². The Bertz CT molecular complexity index is 255. The molecule has 17 heavy (non-hydrogen) atoms. The quantitative estimate of drug-likeness (QED) is 0.769. The van der Waals surface area contributed by atoms with E-state index in [1.54, 1.807) is 0 Å². The number of hydrogen-bond donors (Lipinski definition) is 2. The number of nitrogens with one attached hydrogen (secondary N) is 2. The highest BCUT2D eigenvalue weighted by Crippen LogP contribution is 2.36. The fourth-order valence-electron chi connectivity index (χ4n) is 3.19. The molecule has 2 nitrogen and oxygen atoms in total. The van der Waals surface area contributed by atoms with E-state index >= 15 is 0 Å². The van der Waals surface area contributed by atoms with Gasteiger partial charge in [0.15, 0.2) is 0 Å². The largest absolute Gasteiger partial charge is 0.309 e. The average molecular weight is 238 g/mol. The van der Waals surface area contributed by atoms with Crippen molar-refractivity contribution < 1.29 is 0 Å². The van der Waals surface area contributed by atoms with Crippen molar-refractivity contribution in [1.29, 1.82) is 0 Å². The fraction of sp³-hybridized carbons (Fsp3) is 1.00. The highest BCUT2D eigenvalue weighted by Gasteiger charge is 2.37. The molecule has 0 radical (unpaired) electrons. The molecule has 2 aliphatic carbocycles. The van der Waals surface area contributed by atoms with Crippen LogP contribution in [0.4, 0.5) is 0 Å². The van der Waals surface area contributed by atoms with Gasteiger partial charge in [-0.25, -0.2) is 0 Å². The fourth-order valence-corrected chi connectivity index (χ4v) is 3.19. The minimum Gasteiger partial charge on any atom is -0.309 e. The van der Waals surface area contributed by atoms with Crippen LogP contribution < -0.4 is 10.6 Å². The predicted molar refractivity (Wildman–Crippen MR) is 74.3 cm³/mol. The number of hydrogen-bond acceptors (Lipinski definition) is 2. The molecule has 0 aromatic heterocycles. The van der Waals surface area contributed by atoms with E-state index < -0.39 is 0 Å². The summed E-state index contributed by atoms with van der Waals surface area (Å²) >= 11 is 0. The Morgan fingerprint density at radius 2 is 1.47 bits per heavy atom. The van der Waals surface area contributed by atoms with Gasteiger partial charge in [-0.15, -0.1) is 0 Å². The van der Waals surface area contributed by atoms with Crippen LogP contribution in [0.25, 0.3) is 0 Å². The highest BCUT2D eigenvalue weighted by molar-refractivity contribution is 4.96. The molecule has 0 aromatic carbocycles. The summed E-state index contributed by atoms with van der Waals surface area (Å²) in [5.74, 6) is 0.927. The first-order valence-electron chi connectivity index (χ1n) is 7.29. The third-order valence-corrected chi connectivity index (χ3v) is 3.84. The molecular formula is C15H30N2. The molecule has 2 N–H and O–H groups in total. The molecule has 0 amide bonds. The van der Waals surface area contributed by atoms with Gasteiger partial charge in [-0.3, -0.25) is 0 Å². The van der Waals surface area contributed by atoms with Crippen molar-refractivity contribution in [3.63, 3.8) is 0 Å². The van der Waals surface area contributed by atoms with Crippen molar-refractivity contribution in [3.8, 4) is 0 Å². The van der Waals surface area contributed by atoms with Crippen molar-refractivity contribution >= 4 is 0 Å². The van der Waals surface area contributed by atoms with E-state index in [9.17, 15) is 0 Å². The van der Waals surface area contributed by atoms with E-state index in [1.165, 1.54) is 32.1 Å². The van der Waals surface area contributed by atoms with Crippen LogP contribution in [-0.2, 0) is 0 Å². The second-order valence-corrected chi connectivity index (χ2v) is 7.94. The molecule has 2 saturated carbocycles. The van der Waals surface area contributed by atoms with Crippen molar-refractivity contribution in [2.45, 2.75) is 89.9 Å². The Hall–Kier alpha value is -0.0800. The van der Waals surface area contributed by atoms with Gasteiger partial charge in [0.25, 0.3) is 0 Å². The molecule has 0 aromatic rings. The van der Waals surface area contributed by atoms with Gasteiger partial charge < -0.3 is 10.6 Å². The smallest absolute Gasteiger partial charge is 0.0130 e. The monoisotopic (exact) mass is 238 g/mol. The second kappa shape index (κ2) is 4.55. The predicted octanol–water partition coefficient (Wildman–Crippen LogP) is 3.07. The van der Waals surface area contributed by atoms with Gasteiger partial charge in [-0.2, -0.15) is 0 Å². The normalized spacial score (nSPS) is 30.2. The Kier molecular flexibility index (Phi) is 3.57. The Balaban J connectivity index is 1.65. The Morgan fingerprint density at radius 1 is 0.882 bits per heavy atom. The first-order chi connectivity index (χ1) is 7.73. The highest BCUT2D eigenvalue weighted by atomic mass is 15.0. The summed E-state index contributed by atoms with van der Waals surface area (Å²) in [6.45, 7) is 11.5. The zero-order chi connectivity index (χ0) is 12.7. The molecule has 0 bridgehead atoms. The van der Waals surface area contributed by atoms with E-state index in [4.69, 9.17) is 0 Å². The van der Waals surface area contributed by atoms with Gasteiger partial charge in [0.05, 0.1) is 0 Å². The maximum absolute atomic E-state index is 3.77. The maximum atomic E-state index is 3.77. The third kappa shape index (κ3) is 4.59. The van der Waals surface area contributed by atoms with Crippen LogP contribution in [0.15, 0.2) is 0 Å². The first-order valence-corrected chi connectivity index (χ1v) is 7.29. The molecule has 2 fully saturated rings. The molecule has 2 rings (SSSR count). The van der Waals surface area contributed by atoms with Crippen molar-refractivity contribution in [1.82, 2.24) is 10.6 Å². The van der Waals surface area contributed by atoms with E-state index in [1.807, 2.05) is 0 Å². The van der Waals surface area contributed by atoms with Crippen molar-refractivity contribution in [3.05, 3.63) is 0 Å². The molecule has 0 atom stereocenters. The first kappa shape index (κ1) is 13.4. The topological polar surface area (TPSA) is 24.1 Å². The van der Waals surface area contributed by atoms with Gasteiger partial charge in [0.1, 0.15) is 0 Å². The van der Waals surface area contributed by atoms with Crippen LogP contribution in [-0.4, -0.2) is 23.2 Å². The van der Waals surface area contributed by atoms with E-state index in [-0.39, 0.29) is 5.54 Å². The number of rotatable bonds is 5. The second-order valence-electron chi connectivity index (χ2n) is 7.94. The van der Waals surface area contributed by atoms with Gasteiger partial charge in [-0.1, -0.05) is 0 Å². The lowest BCUT2D eigenvalue weighted by Gasteiger charge is -2.43. The average Bonchev–Trinajstić information content (AvgIpc) is 2.80. The van der Waals surface area contributed by atoms with E-state index in [0.29, 0.717) is 5.54 Å². The van der Waals surface area contributed by atoms with Crippen LogP contribution in [0.3, 0.4) is 0 Å². The molecule has 0 aliphatic heterocycles. The summed E-state index contributed by atoms with van der Waals surface area (Å²) in [6.07, 6.45) is 6.86. The van der Waals surface area contributed by atoms with Crippen LogP contribution in [0, 0.1) is 5.92 Å².